The van der Waals surface area contributed by atoms with Crippen molar-refractivity contribution < 1.29 is 5.21 Å². The molecule has 0 amide bonds. The van der Waals surface area contributed by atoms with Crippen molar-refractivity contribution in [2.75, 3.05) is 0 Å². The Bertz CT molecular complexity index is 55.7. The molecule has 0 radical (unpaired) electrons. The lowest BCUT2D eigenvalue weighted by atomic mass is 11.1. The van der Waals surface area contributed by atoms with Gasteiger partial charge < -0.3 is 5.73 Å². The zero-order chi connectivity index (χ0) is 4.99. The van der Waals surface area contributed by atoms with Crippen molar-refractivity contribution in [3.8, 4) is 0 Å². The first-order valence-corrected chi connectivity index (χ1v) is 1.26. The van der Waals surface area contributed by atoms with Gasteiger partial charge >= 0.3 is 0 Å². The summed E-state index contributed by atoms with van der Waals surface area (Å²) in [6, 6.07) is 0. The van der Waals surface area contributed by atoms with E-state index in [4.69, 9.17) is 10.6 Å². The predicted octanol–water partition coefficient (Wildman–Crippen LogP) is -1.21. The lowest BCUT2D eigenvalue weighted by Gasteiger charge is -1.93. The van der Waals surface area contributed by atoms with Crippen LogP contribution in [0.25, 0.3) is 0 Å². The van der Waals surface area contributed by atoms with Gasteiger partial charge in [0, 0.05) is 0 Å². The molecule has 0 aromatic rings. The van der Waals surface area contributed by atoms with E-state index in [1.54, 1.807) is 0 Å². The summed E-state index contributed by atoms with van der Waals surface area (Å²) in [7, 11) is 0. The van der Waals surface area contributed by atoms with Gasteiger partial charge in [0.2, 0.25) is 5.96 Å². The Kier molecular flexibility index (Phi) is 7.59. The topological polar surface area (TPSA) is 94.2 Å². The first-order chi connectivity index (χ1) is 2.77. The third-order valence-corrected chi connectivity index (χ3v) is 0.191. The fraction of sp³-hybridized carbons (Fsp3) is 0. The highest BCUT2D eigenvalue weighted by atomic mass is 35.5. The molecule has 0 saturated carbocycles. The number of rotatable bonds is 1. The van der Waals surface area contributed by atoms with Crippen molar-refractivity contribution >= 4 is 18.4 Å². The van der Waals surface area contributed by atoms with Crippen molar-refractivity contribution in [1.82, 2.24) is 11.0 Å². The highest BCUT2D eigenvalue weighted by Crippen LogP contribution is 1.32. The summed E-state index contributed by atoms with van der Waals surface area (Å²) < 4.78 is 0. The molecule has 0 atom stereocenters. The predicted molar refractivity (Wildman–Crippen MR) is 27.2 cm³/mol. The zero-order valence-corrected chi connectivity index (χ0v) is 4.25. The van der Waals surface area contributed by atoms with Crippen molar-refractivity contribution in [1.29, 1.82) is 5.41 Å². The minimum atomic E-state index is -0.322. The van der Waals surface area contributed by atoms with Crippen molar-refractivity contribution in [2.24, 2.45) is 5.73 Å². The van der Waals surface area contributed by atoms with Crippen LogP contribution >= 0.6 is 12.4 Å². The minimum absolute atomic E-state index is 0. The largest absolute Gasteiger partial charge is 0.369 e. The highest BCUT2D eigenvalue weighted by Gasteiger charge is 1.73. The zero-order valence-electron chi connectivity index (χ0n) is 3.43. The van der Waals surface area contributed by atoms with Crippen molar-refractivity contribution in [2.45, 2.75) is 0 Å². The van der Waals surface area contributed by atoms with E-state index in [0.29, 0.717) is 0 Å². The van der Waals surface area contributed by atoms with Gasteiger partial charge in [-0.2, -0.15) is 0 Å². The molecule has 0 aliphatic heterocycles. The first kappa shape index (κ1) is 9.70. The molecule has 0 rings (SSSR count). The van der Waals surface area contributed by atoms with Crippen molar-refractivity contribution in [3.63, 3.8) is 0 Å². The summed E-state index contributed by atoms with van der Waals surface area (Å²) in [6.45, 7) is 0. The Hall–Kier alpha value is -0.520. The SMILES string of the molecule is Cl.N=C(N)NNO. The molecule has 0 aliphatic carbocycles. The van der Waals surface area contributed by atoms with Crippen molar-refractivity contribution in [3.05, 3.63) is 0 Å². The van der Waals surface area contributed by atoms with E-state index in [1.807, 2.05) is 5.43 Å². The third kappa shape index (κ3) is 10.8. The van der Waals surface area contributed by atoms with E-state index in [0.717, 1.165) is 0 Å². The Balaban J connectivity index is 0. The highest BCUT2D eigenvalue weighted by molar-refractivity contribution is 5.85. The molecule has 0 heterocycles. The maximum atomic E-state index is 7.65. The summed E-state index contributed by atoms with van der Waals surface area (Å²) in [6.07, 6.45) is 0. The molecule has 44 valence electrons. The summed E-state index contributed by atoms with van der Waals surface area (Å²) in [4.78, 5) is 0. The second-order valence-electron chi connectivity index (χ2n) is 0.650. The molecule has 0 fully saturated rings. The maximum absolute atomic E-state index is 7.65. The quantitative estimate of drug-likeness (QED) is 0.173. The van der Waals surface area contributed by atoms with Crippen LogP contribution in [-0.2, 0) is 0 Å². The number of hydrogen-bond acceptors (Lipinski definition) is 3. The number of halogens is 1. The summed E-state index contributed by atoms with van der Waals surface area (Å²) in [5.41, 5.74) is 8.00. The minimum Gasteiger partial charge on any atom is -0.369 e. The lowest BCUT2D eigenvalue weighted by molar-refractivity contribution is 0.144. The van der Waals surface area contributed by atoms with Gasteiger partial charge in [-0.05, 0) is 0 Å². The van der Waals surface area contributed by atoms with Gasteiger partial charge in [0.05, 0.1) is 0 Å². The number of nitrogens with two attached hydrogens (primary N) is 1. The molecule has 0 aliphatic rings. The van der Waals surface area contributed by atoms with Gasteiger partial charge in [0.25, 0.3) is 0 Å². The standard InChI is InChI=1S/CH6N4O.ClH/c2-1(3)4-5-6;/h5-6H,(H4,2,3,4);1H. The maximum Gasteiger partial charge on any atom is 0.202 e. The lowest BCUT2D eigenvalue weighted by Crippen LogP contribution is -2.39. The van der Waals surface area contributed by atoms with Crippen LogP contribution < -0.4 is 16.7 Å². The van der Waals surface area contributed by atoms with Crippen LogP contribution in [0.3, 0.4) is 0 Å². The summed E-state index contributed by atoms with van der Waals surface area (Å²) >= 11 is 0. The van der Waals surface area contributed by atoms with Crippen LogP contribution in [0.4, 0.5) is 0 Å². The number of hydrogen-bond donors (Lipinski definition) is 5. The molecule has 6 heteroatoms. The Morgan fingerprint density at radius 2 is 2.14 bits per heavy atom. The molecule has 0 unspecified atom stereocenters. The van der Waals surface area contributed by atoms with Gasteiger partial charge in [-0.15, -0.1) is 18.0 Å². The molecule has 0 saturated heterocycles. The van der Waals surface area contributed by atoms with E-state index < -0.39 is 0 Å². The van der Waals surface area contributed by atoms with Gasteiger partial charge in [-0.3, -0.25) is 16.0 Å². The monoisotopic (exact) mass is 126 g/mol. The van der Waals surface area contributed by atoms with Gasteiger partial charge in [-0.1, -0.05) is 0 Å². The summed E-state index contributed by atoms with van der Waals surface area (Å²) in [5.74, 6) is -0.322. The first-order valence-electron chi connectivity index (χ1n) is 1.26. The smallest absolute Gasteiger partial charge is 0.202 e. The molecule has 5 nitrogen and oxygen atoms in total. The van der Waals surface area contributed by atoms with E-state index in [-0.39, 0.29) is 18.4 Å². The van der Waals surface area contributed by atoms with Crippen LogP contribution in [0.2, 0.25) is 0 Å². The Labute approximate surface area is 46.7 Å². The Morgan fingerprint density at radius 3 is 2.14 bits per heavy atom. The second-order valence-corrected chi connectivity index (χ2v) is 0.650. The molecule has 0 spiro atoms. The Morgan fingerprint density at radius 1 is 1.71 bits per heavy atom. The molecule has 0 bridgehead atoms. The van der Waals surface area contributed by atoms with Crippen LogP contribution in [0.1, 0.15) is 0 Å². The van der Waals surface area contributed by atoms with E-state index in [9.17, 15) is 0 Å². The fourth-order valence-electron chi connectivity index (χ4n) is 0.0602. The van der Waals surface area contributed by atoms with E-state index in [2.05, 4.69) is 5.73 Å². The molecular formula is CH7ClN4O. The molecular weight excluding hydrogens is 119 g/mol. The third-order valence-electron chi connectivity index (χ3n) is 0.191. The van der Waals surface area contributed by atoms with Crippen LogP contribution in [0, 0.1) is 5.41 Å². The molecule has 7 heavy (non-hydrogen) atoms. The summed E-state index contributed by atoms with van der Waals surface area (Å²) in [5, 5.41) is 14.0. The van der Waals surface area contributed by atoms with Crippen LogP contribution in [0.15, 0.2) is 0 Å². The molecule has 0 aromatic carbocycles. The van der Waals surface area contributed by atoms with Crippen LogP contribution in [0.5, 0.6) is 0 Å². The average molecular weight is 127 g/mol. The fourth-order valence-corrected chi connectivity index (χ4v) is 0.0602. The van der Waals surface area contributed by atoms with E-state index in [1.165, 1.54) is 5.59 Å². The molecule has 6 N–H and O–H groups in total. The number of guanidine groups is 1. The molecule has 0 aromatic heterocycles. The normalized spacial score (nSPS) is 6.43. The number of nitrogens with one attached hydrogen (secondary N) is 3. The van der Waals surface area contributed by atoms with Gasteiger partial charge in [-0.25, -0.2) is 0 Å². The van der Waals surface area contributed by atoms with Gasteiger partial charge in [0.15, 0.2) is 0 Å². The number of hydrazine groups is 1. The second kappa shape index (κ2) is 5.48. The van der Waals surface area contributed by atoms with Crippen LogP contribution in [-0.4, -0.2) is 11.2 Å². The average Bonchev–Trinajstić information content (AvgIpc) is 1.35. The van der Waals surface area contributed by atoms with Gasteiger partial charge in [0.1, 0.15) is 0 Å². The van der Waals surface area contributed by atoms with E-state index >= 15 is 0 Å².